The molecule has 0 bridgehead atoms. The van der Waals surface area contributed by atoms with Crippen LogP contribution in [0, 0.1) is 6.92 Å². The Hall–Kier alpha value is -2.85. The number of aromatic nitrogens is 1. The number of carbonyl (C=O) groups is 1. The minimum absolute atomic E-state index is 0.131. The van der Waals surface area contributed by atoms with Crippen LogP contribution in [-0.4, -0.2) is 24.2 Å². The first-order valence-electron chi connectivity index (χ1n) is 10.8. The van der Waals surface area contributed by atoms with Crippen LogP contribution < -0.4 is 10.1 Å². The number of hydrogen-bond donors (Lipinski definition) is 1. The van der Waals surface area contributed by atoms with Gasteiger partial charge in [0.25, 0.3) is 0 Å². The molecule has 0 saturated heterocycles. The number of benzene rings is 2. The van der Waals surface area contributed by atoms with E-state index in [1.165, 1.54) is 23.9 Å². The zero-order valence-corrected chi connectivity index (χ0v) is 20.7. The van der Waals surface area contributed by atoms with Crippen LogP contribution in [0.15, 0.2) is 64.6 Å². The highest BCUT2D eigenvalue weighted by molar-refractivity contribution is 8.00. The van der Waals surface area contributed by atoms with Crippen molar-refractivity contribution in [3.8, 4) is 5.75 Å². The van der Waals surface area contributed by atoms with E-state index in [0.29, 0.717) is 18.1 Å². The van der Waals surface area contributed by atoms with E-state index in [1.54, 1.807) is 24.9 Å². The Bertz CT molecular complexity index is 1200. The Morgan fingerprint density at radius 2 is 1.94 bits per heavy atom. The molecule has 0 aliphatic carbocycles. The first-order valence-corrected chi connectivity index (χ1v) is 12.7. The third-order valence-corrected chi connectivity index (χ3v) is 7.44. The molecule has 0 radical (unpaired) electrons. The minimum Gasteiger partial charge on any atom is -0.482 e. The van der Waals surface area contributed by atoms with Gasteiger partial charge in [-0.15, -0.1) is 11.8 Å². The molecule has 4 rings (SSSR count). The van der Waals surface area contributed by atoms with Gasteiger partial charge in [-0.05, 0) is 66.9 Å². The fraction of sp³-hybridized carbons (Fsp3) is 0.280. The Morgan fingerprint density at radius 1 is 1.17 bits per heavy atom. The number of fused-ring (bicyclic) bond motifs is 1. The van der Waals surface area contributed by atoms with Crippen LogP contribution >= 0.6 is 23.5 Å². The number of halogens is 3. The number of ether oxygens (including phenoxy) is 2. The van der Waals surface area contributed by atoms with E-state index in [2.05, 4.69) is 10.3 Å². The zero-order chi connectivity index (χ0) is 25.0. The summed E-state index contributed by atoms with van der Waals surface area (Å²) in [6.07, 6.45) is -2.61. The first-order chi connectivity index (χ1) is 16.7. The van der Waals surface area contributed by atoms with Crippen molar-refractivity contribution in [2.75, 3.05) is 18.5 Å². The van der Waals surface area contributed by atoms with Crippen molar-refractivity contribution in [2.24, 2.45) is 0 Å². The lowest BCUT2D eigenvalue weighted by molar-refractivity contribution is -0.145. The predicted octanol–water partition coefficient (Wildman–Crippen LogP) is 6.86. The molecule has 1 unspecified atom stereocenters. The van der Waals surface area contributed by atoms with E-state index in [0.717, 1.165) is 44.4 Å². The number of rotatable bonds is 8. The number of pyridine rings is 1. The van der Waals surface area contributed by atoms with E-state index in [4.69, 9.17) is 9.47 Å². The number of thioether (sulfide) groups is 2. The van der Waals surface area contributed by atoms with Crippen LogP contribution in [-0.2, 0) is 21.5 Å². The summed E-state index contributed by atoms with van der Waals surface area (Å²) in [6, 6.07) is 12.9. The largest absolute Gasteiger partial charge is 0.482 e. The van der Waals surface area contributed by atoms with Crippen molar-refractivity contribution in [2.45, 2.75) is 41.1 Å². The maximum absolute atomic E-state index is 12.9. The van der Waals surface area contributed by atoms with Crippen LogP contribution in [0.4, 0.5) is 18.9 Å². The smallest absolute Gasteiger partial charge is 0.416 e. The van der Waals surface area contributed by atoms with Crippen LogP contribution in [0.1, 0.15) is 34.6 Å². The molecule has 1 atom stereocenters. The summed E-state index contributed by atoms with van der Waals surface area (Å²) in [5.41, 5.74) is 2.97. The maximum atomic E-state index is 12.9. The van der Waals surface area contributed by atoms with Gasteiger partial charge in [-0.3, -0.25) is 0 Å². The lowest BCUT2D eigenvalue weighted by atomic mass is 10.1. The summed E-state index contributed by atoms with van der Waals surface area (Å²) in [7, 11) is 0. The monoisotopic (exact) mass is 520 g/mol. The topological polar surface area (TPSA) is 60.5 Å². The molecule has 35 heavy (non-hydrogen) atoms. The van der Waals surface area contributed by atoms with E-state index in [-0.39, 0.29) is 12.0 Å². The van der Waals surface area contributed by atoms with Gasteiger partial charge < -0.3 is 14.8 Å². The summed E-state index contributed by atoms with van der Waals surface area (Å²) < 4.78 is 49.1. The molecular weight excluding hydrogens is 497 g/mol. The average molecular weight is 521 g/mol. The normalized spacial score (nSPS) is 14.8. The Kier molecular flexibility index (Phi) is 7.81. The fourth-order valence-electron chi connectivity index (χ4n) is 3.49. The molecule has 0 spiro atoms. The highest BCUT2D eigenvalue weighted by atomic mass is 32.2. The molecule has 1 N–H and O–H groups in total. The quantitative estimate of drug-likeness (QED) is 0.257. The molecule has 1 aromatic heterocycles. The van der Waals surface area contributed by atoms with E-state index in [1.807, 2.05) is 31.2 Å². The SMILES string of the molecule is CCOC(=O)COc1ccc(SCc2ccnc3c2NC(c2ccc(C(F)(F)F)cc2)S3)cc1C. The number of anilines is 1. The first kappa shape index (κ1) is 25.2. The second-order valence-corrected chi connectivity index (χ2v) is 9.86. The summed E-state index contributed by atoms with van der Waals surface area (Å²) in [4.78, 5) is 17.0. The third kappa shape index (κ3) is 6.24. The maximum Gasteiger partial charge on any atom is 0.416 e. The highest BCUT2D eigenvalue weighted by Gasteiger charge is 2.31. The van der Waals surface area contributed by atoms with Gasteiger partial charge in [0.1, 0.15) is 16.1 Å². The second kappa shape index (κ2) is 10.8. The van der Waals surface area contributed by atoms with Crippen molar-refractivity contribution in [3.05, 3.63) is 77.0 Å². The lowest BCUT2D eigenvalue weighted by Crippen LogP contribution is -2.14. The van der Waals surface area contributed by atoms with Gasteiger partial charge in [-0.2, -0.15) is 13.2 Å². The second-order valence-electron chi connectivity index (χ2n) is 7.72. The standard InChI is InChI=1S/C25H23F3N2O3S2/c1-3-32-21(31)13-33-20-9-8-19(12-15(20)2)34-14-17-10-11-29-24-22(17)30-23(35-24)16-4-6-18(7-5-16)25(26,27)28/h4-12,23,30H,3,13-14H2,1-2H3. The number of nitrogens with zero attached hydrogens (tertiary/aromatic N) is 1. The average Bonchev–Trinajstić information content (AvgIpc) is 3.27. The summed E-state index contributed by atoms with van der Waals surface area (Å²) in [5, 5.41) is 4.04. The van der Waals surface area contributed by atoms with Gasteiger partial charge in [0, 0.05) is 16.8 Å². The van der Waals surface area contributed by atoms with Gasteiger partial charge in [0.2, 0.25) is 0 Å². The summed E-state index contributed by atoms with van der Waals surface area (Å²) in [6.45, 7) is 3.85. The molecule has 1 aliphatic rings. The van der Waals surface area contributed by atoms with E-state index in [9.17, 15) is 18.0 Å². The van der Waals surface area contributed by atoms with Crippen molar-refractivity contribution < 1.29 is 27.4 Å². The van der Waals surface area contributed by atoms with Crippen molar-refractivity contribution in [1.29, 1.82) is 0 Å². The highest BCUT2D eigenvalue weighted by Crippen LogP contribution is 2.47. The van der Waals surface area contributed by atoms with Crippen molar-refractivity contribution >= 4 is 35.2 Å². The molecule has 2 heterocycles. The van der Waals surface area contributed by atoms with Crippen LogP contribution in [0.3, 0.4) is 0 Å². The molecule has 5 nitrogen and oxygen atoms in total. The van der Waals surface area contributed by atoms with E-state index < -0.39 is 17.7 Å². The van der Waals surface area contributed by atoms with Gasteiger partial charge in [-0.25, -0.2) is 9.78 Å². The molecule has 10 heteroatoms. The molecule has 184 valence electrons. The molecule has 0 amide bonds. The minimum atomic E-state index is -4.35. The number of aryl methyl sites for hydroxylation is 1. The third-order valence-electron chi connectivity index (χ3n) is 5.24. The van der Waals surface area contributed by atoms with Crippen LogP contribution in [0.25, 0.3) is 0 Å². The molecule has 0 fully saturated rings. The molecular formula is C25H23F3N2O3S2. The Labute approximate surface area is 209 Å². The predicted molar refractivity (Wildman–Crippen MR) is 131 cm³/mol. The number of alkyl halides is 3. The molecule has 0 saturated carbocycles. The van der Waals surface area contributed by atoms with Gasteiger partial charge >= 0.3 is 12.1 Å². The summed E-state index contributed by atoms with van der Waals surface area (Å²) >= 11 is 3.13. The number of esters is 1. The fourth-order valence-corrected chi connectivity index (χ4v) is 5.60. The van der Waals surface area contributed by atoms with Gasteiger partial charge in [-0.1, -0.05) is 23.9 Å². The van der Waals surface area contributed by atoms with Crippen molar-refractivity contribution in [3.63, 3.8) is 0 Å². The van der Waals surface area contributed by atoms with E-state index >= 15 is 0 Å². The summed E-state index contributed by atoms with van der Waals surface area (Å²) in [5.74, 6) is 0.905. The molecule has 3 aromatic rings. The van der Waals surface area contributed by atoms with Gasteiger partial charge in [0.05, 0.1) is 17.9 Å². The van der Waals surface area contributed by atoms with Gasteiger partial charge in [0.15, 0.2) is 6.61 Å². The van der Waals surface area contributed by atoms with Crippen molar-refractivity contribution in [1.82, 2.24) is 4.98 Å². The Balaban J connectivity index is 1.39. The number of nitrogens with one attached hydrogen (secondary N) is 1. The van der Waals surface area contributed by atoms with Crippen LogP contribution in [0.2, 0.25) is 0 Å². The van der Waals surface area contributed by atoms with Crippen LogP contribution in [0.5, 0.6) is 5.75 Å². The molecule has 1 aliphatic heterocycles. The number of hydrogen-bond acceptors (Lipinski definition) is 7. The number of carbonyl (C=O) groups excluding carboxylic acids is 1. The molecule has 2 aromatic carbocycles. The zero-order valence-electron chi connectivity index (χ0n) is 19.0. The Morgan fingerprint density at radius 3 is 2.63 bits per heavy atom. The lowest BCUT2D eigenvalue weighted by Gasteiger charge is -2.14.